The van der Waals surface area contributed by atoms with E-state index >= 15 is 42.3 Å². The average Bonchev–Trinajstić information content (AvgIpc) is 1.44. The highest BCUT2D eigenvalue weighted by Crippen LogP contribution is 2.50. The zero-order chi connectivity index (χ0) is 82.7. The largest absolute Gasteiger partial charge is 0.397 e. The summed E-state index contributed by atoms with van der Waals surface area (Å²) in [5, 5.41) is 8.48. The van der Waals surface area contributed by atoms with Crippen LogP contribution in [0.1, 0.15) is 183 Å². The highest BCUT2D eigenvalue weighted by Gasteiger charge is 2.60. The molecule has 626 valence electrons. The number of halogens is 8. The second-order valence-corrected chi connectivity index (χ2v) is 33.3. The van der Waals surface area contributed by atoms with Crippen LogP contribution in [0.25, 0.3) is 0 Å². The molecule has 7 rings (SSSR count). The molecule has 0 aromatic carbocycles. The zero-order valence-electron chi connectivity index (χ0n) is 66.9. The van der Waals surface area contributed by atoms with Crippen LogP contribution >= 0.6 is 0 Å². The lowest BCUT2D eigenvalue weighted by molar-refractivity contribution is -0.219. The van der Waals surface area contributed by atoms with Crippen molar-refractivity contribution in [2.24, 2.45) is 40.9 Å². The van der Waals surface area contributed by atoms with Crippen molar-refractivity contribution < 1.29 is 97.4 Å². The van der Waals surface area contributed by atoms with Gasteiger partial charge in [0.1, 0.15) is 78.7 Å². The van der Waals surface area contributed by atoms with Gasteiger partial charge in [0.2, 0.25) is 70.9 Å². The first-order chi connectivity index (χ1) is 52.0. The molecule has 12 amide bonds. The van der Waals surface area contributed by atoms with E-state index in [0.717, 1.165) is 29.4 Å². The van der Waals surface area contributed by atoms with Gasteiger partial charge in [-0.25, -0.2) is 8.78 Å². The molecule has 111 heavy (non-hydrogen) atoms. The number of hydrogen-bond donors (Lipinski definition) is 3. The fourth-order valence-corrected chi connectivity index (χ4v) is 18.1. The zero-order valence-corrected chi connectivity index (χ0v) is 66.9. The SMILES string of the molecule is C=CCN1CC(=O)N(C)[C@H]2C/C=C\CCN(C2=O)[C@@H](CC2CCC(C(F)(F)F)CC2)C(=O)N(C)CC(=O)N[C@@H](CCC2CC(F)C(C(F)(F)F)C(F)C2)C(=O)N2C[C@H](OCC)C[C@H]2C(=O)NC2(CC(C)(C)C2)C(=O)N(C)[C@@H](C2CCCC2)C(=O)N(C)[C@H](C(=O)N(C)C)CC(=O)N(C)[C@@H](CCC)C(=O)N[C@@H]([C@@H](C)CC)C1=O. The van der Waals surface area contributed by atoms with Gasteiger partial charge in [-0.05, 0) is 139 Å². The van der Waals surface area contributed by atoms with Crippen molar-refractivity contribution >= 4 is 70.9 Å². The number of carbonyl (C=O) groups is 12. The number of carbonyl (C=O) groups excluding carboxylic acids is 12. The van der Waals surface area contributed by atoms with Crippen LogP contribution < -0.4 is 16.0 Å². The molecule has 4 aliphatic carbocycles. The van der Waals surface area contributed by atoms with E-state index in [-0.39, 0.29) is 103 Å². The van der Waals surface area contributed by atoms with Crippen molar-refractivity contribution in [2.45, 2.75) is 267 Å². The average molecular weight is 1590 g/mol. The van der Waals surface area contributed by atoms with Crippen LogP contribution in [0.5, 0.6) is 0 Å². The minimum absolute atomic E-state index is 0.00720. The molecular weight excluding hydrogens is 1460 g/mol. The third-order valence-electron chi connectivity index (χ3n) is 24.4. The Balaban J connectivity index is 1.35. The fraction of sp³-hybridized carbons (Fsp3) is 0.795. The molecule has 3 aliphatic heterocycles. The van der Waals surface area contributed by atoms with Crippen molar-refractivity contribution in [3.63, 3.8) is 0 Å². The van der Waals surface area contributed by atoms with Crippen molar-refractivity contribution in [2.75, 3.05) is 88.7 Å². The molecule has 2 saturated heterocycles. The first-order valence-corrected chi connectivity index (χ1v) is 39.6. The highest BCUT2D eigenvalue weighted by atomic mass is 19.4. The molecule has 0 aromatic heterocycles. The van der Waals surface area contributed by atoms with Crippen molar-refractivity contribution in [1.29, 1.82) is 0 Å². The molecule has 3 N–H and O–H groups in total. The quantitative estimate of drug-likeness (QED) is 0.107. The molecule has 25 nitrogen and oxygen atoms in total. The first-order valence-electron chi connectivity index (χ1n) is 39.6. The van der Waals surface area contributed by atoms with Gasteiger partial charge in [0.05, 0.1) is 25.0 Å². The molecule has 0 radical (unpaired) electrons. The fourth-order valence-electron chi connectivity index (χ4n) is 18.1. The summed E-state index contributed by atoms with van der Waals surface area (Å²) in [6.07, 6.45) is -12.3. The van der Waals surface area contributed by atoms with Gasteiger partial charge in [0.15, 0.2) is 0 Å². The maximum Gasteiger partial charge on any atom is 0.397 e. The van der Waals surface area contributed by atoms with Gasteiger partial charge < -0.3 is 64.8 Å². The number of amides is 12. The van der Waals surface area contributed by atoms with Gasteiger partial charge in [-0.3, -0.25) is 57.5 Å². The van der Waals surface area contributed by atoms with Gasteiger partial charge >= 0.3 is 12.4 Å². The lowest BCUT2D eigenvalue weighted by Gasteiger charge is -2.54. The summed E-state index contributed by atoms with van der Waals surface area (Å²) in [4.78, 5) is 193. The minimum atomic E-state index is -5.22. The normalized spacial score (nSPS) is 31.8. The van der Waals surface area contributed by atoms with Gasteiger partial charge in [0, 0.05) is 82.0 Å². The molecule has 4 saturated carbocycles. The lowest BCUT2D eigenvalue weighted by atomic mass is 9.58. The lowest BCUT2D eigenvalue weighted by Crippen LogP contribution is -2.71. The van der Waals surface area contributed by atoms with E-state index < -0.39 is 235 Å². The Labute approximate surface area is 647 Å². The second kappa shape index (κ2) is 38.6. The number of nitrogens with zero attached hydrogens (tertiary/aromatic N) is 9. The van der Waals surface area contributed by atoms with Crippen molar-refractivity contribution in [3.05, 3.63) is 24.8 Å². The van der Waals surface area contributed by atoms with E-state index in [0.29, 0.717) is 38.5 Å². The van der Waals surface area contributed by atoms with E-state index in [2.05, 4.69) is 22.5 Å². The maximum absolute atomic E-state index is 15.8. The summed E-state index contributed by atoms with van der Waals surface area (Å²) in [7, 11) is 9.53. The van der Waals surface area contributed by atoms with Crippen LogP contribution in [-0.2, 0) is 62.3 Å². The summed E-state index contributed by atoms with van der Waals surface area (Å²) in [5.41, 5.74) is -2.38. The third kappa shape index (κ3) is 22.1. The van der Waals surface area contributed by atoms with Gasteiger partial charge in [-0.1, -0.05) is 78.5 Å². The van der Waals surface area contributed by atoms with Crippen LogP contribution in [0.2, 0.25) is 0 Å². The van der Waals surface area contributed by atoms with E-state index in [1.807, 2.05) is 13.8 Å². The van der Waals surface area contributed by atoms with Crippen LogP contribution in [0, 0.1) is 40.9 Å². The molecular formula is C78H120F8N12O13. The first kappa shape index (κ1) is 90.7. The van der Waals surface area contributed by atoms with E-state index in [9.17, 15) is 50.3 Å². The van der Waals surface area contributed by atoms with Gasteiger partial charge in [-0.15, -0.1) is 6.58 Å². The van der Waals surface area contributed by atoms with Crippen LogP contribution in [-0.4, -0.2) is 288 Å². The Morgan fingerprint density at radius 3 is 1.87 bits per heavy atom. The summed E-state index contributed by atoms with van der Waals surface area (Å²) in [6, 6.07) is -11.5. The minimum Gasteiger partial charge on any atom is -0.377 e. The van der Waals surface area contributed by atoms with E-state index in [4.69, 9.17) is 4.74 Å². The van der Waals surface area contributed by atoms with E-state index in [1.54, 1.807) is 39.8 Å². The monoisotopic (exact) mass is 1580 g/mol. The number of hydrogen-bond acceptors (Lipinski definition) is 13. The van der Waals surface area contributed by atoms with Crippen LogP contribution in [0.4, 0.5) is 35.1 Å². The molecule has 33 heteroatoms. The molecule has 0 aromatic rings. The molecule has 1 spiro atoms. The summed E-state index contributed by atoms with van der Waals surface area (Å²) >= 11 is 0. The molecule has 12 atom stereocenters. The number of likely N-dealkylation sites (N-methyl/N-ethyl adjacent to an activating group) is 6. The van der Waals surface area contributed by atoms with Crippen molar-refractivity contribution in [3.8, 4) is 0 Å². The smallest absolute Gasteiger partial charge is 0.377 e. The number of ether oxygens (including phenoxy) is 1. The Bertz CT molecular complexity index is 3350. The Morgan fingerprint density at radius 1 is 0.685 bits per heavy atom. The molecule has 2 bridgehead atoms. The topological polar surface area (TPSA) is 279 Å². The summed E-state index contributed by atoms with van der Waals surface area (Å²) in [6.45, 7) is 12.2. The van der Waals surface area contributed by atoms with Gasteiger partial charge in [-0.2, -0.15) is 26.3 Å². The van der Waals surface area contributed by atoms with E-state index in [1.165, 1.54) is 70.1 Å². The third-order valence-corrected chi connectivity index (χ3v) is 24.4. The number of nitrogens with one attached hydrogen (secondary N) is 3. The second-order valence-electron chi connectivity index (χ2n) is 33.3. The number of fused-ring (bicyclic) bond motifs is 3. The molecule has 3 heterocycles. The maximum atomic E-state index is 15.8. The Hall–Kier alpha value is -7.48. The molecule has 2 unspecified atom stereocenters. The number of alkyl halides is 8. The Morgan fingerprint density at radius 2 is 1.32 bits per heavy atom. The van der Waals surface area contributed by atoms with Crippen molar-refractivity contribution in [1.82, 2.24) is 60.0 Å². The van der Waals surface area contributed by atoms with Gasteiger partial charge in [0.25, 0.3) is 0 Å². The Kier molecular flexibility index (Phi) is 31.5. The predicted octanol–water partition coefficient (Wildman–Crippen LogP) is 7.30. The van der Waals surface area contributed by atoms with Crippen LogP contribution in [0.15, 0.2) is 24.8 Å². The highest BCUT2D eigenvalue weighted by molar-refractivity contribution is 6.01. The van der Waals surface area contributed by atoms with Crippen LogP contribution in [0.3, 0.4) is 0 Å². The number of rotatable bonds is 15. The standard InChI is InChI=1S/C78H120F8N12O13/c1-15-24-55-66(102)88-64(46(5)17-3)72(108)96(34-16-2)43-62(101)93(12)56-27-20-19-23-35-97(71(56)107)59(38-47-28-31-50(32-29-47)77(81,82)83)70(106)91(10)42-60(99)87-54(33-30-48-36-52(79)63(53(80)37-48)78(84,85)86)68(104)98-41-51(111-18-4)39-57(98)67(103)89-76(44-75(6,7)45-76)74(110)95(14)65(49-25-21-22-26-49)73(109)94(13)58(69(105)90(8)9)40-61(100)92(55)11/h16,19-20,46-59,63-65H,2,15,17-18,21-45H2,1,3-14H3,(H,87,99)(H,88,102)(H,89,103)/b20-19-/t46-,47?,48?,50?,51+,52?,53?,54-,55-,56-,57-,58-,59-,63?,64-,65-/m0/s1. The molecule has 7 aliphatic rings. The molecule has 6 fully saturated rings. The summed E-state index contributed by atoms with van der Waals surface area (Å²) < 4.78 is 122. The summed E-state index contributed by atoms with van der Waals surface area (Å²) in [5.74, 6) is -17.0. The predicted molar refractivity (Wildman–Crippen MR) is 395 cm³/mol.